The van der Waals surface area contributed by atoms with Gasteiger partial charge in [-0.05, 0) is 0 Å². The lowest BCUT2D eigenvalue weighted by Crippen LogP contribution is -2.24. The Morgan fingerprint density at radius 1 is 1.00 bits per heavy atom. The van der Waals surface area contributed by atoms with Gasteiger partial charge in [-0.1, -0.05) is 9.39 Å². The highest BCUT2D eigenvalue weighted by molar-refractivity contribution is 7.13. The Hall–Kier alpha value is 0.310. The molecule has 2 aliphatic rings. The van der Waals surface area contributed by atoms with Crippen LogP contribution in [-0.2, 0) is 0 Å². The second-order valence-corrected chi connectivity index (χ2v) is 3.84. The van der Waals surface area contributed by atoms with E-state index >= 15 is 0 Å². The summed E-state index contributed by atoms with van der Waals surface area (Å²) in [7, 11) is 2.78. The van der Waals surface area contributed by atoms with Crippen molar-refractivity contribution in [2.24, 2.45) is 0 Å². The zero-order chi connectivity index (χ0) is 6.97. The van der Waals surface area contributed by atoms with Crippen LogP contribution in [0.2, 0.25) is 0 Å². The maximum absolute atomic E-state index is 2.78. The fourth-order valence-electron chi connectivity index (χ4n) is 0.983. The fraction of sp³-hybridized carbons (Fsp3) is 1.00. The number of rotatable bonds is 4. The van der Waals surface area contributed by atoms with Gasteiger partial charge in [-0.2, -0.15) is 0 Å². The monoisotopic (exact) mass is 159 g/mol. The predicted molar refractivity (Wildman–Crippen MR) is 44.4 cm³/mol. The van der Waals surface area contributed by atoms with Gasteiger partial charge in [0.05, 0.1) is 13.3 Å². The van der Waals surface area contributed by atoms with Gasteiger partial charge >= 0.3 is 0 Å². The van der Waals surface area contributed by atoms with Crippen molar-refractivity contribution < 1.29 is 0 Å². The number of nitrogens with zero attached hydrogens (tertiary/aromatic N) is 3. The molecule has 0 amide bonds. The molecule has 0 aliphatic carbocycles. The summed E-state index contributed by atoms with van der Waals surface area (Å²) in [5.74, 6) is 0. The summed E-state index contributed by atoms with van der Waals surface area (Å²) in [4.78, 5) is 4.83. The Balaban J connectivity index is 1.60. The summed E-state index contributed by atoms with van der Waals surface area (Å²) in [6.07, 6.45) is 0. The summed E-state index contributed by atoms with van der Waals surface area (Å²) in [5.41, 5.74) is 0. The second-order valence-electron chi connectivity index (χ2n) is 3.11. The number of hydrogen-bond donors (Lipinski definition) is 0. The lowest BCUT2D eigenvalue weighted by atomic mass is 10.9. The van der Waals surface area contributed by atoms with Crippen LogP contribution >= 0.6 is 9.39 Å². The van der Waals surface area contributed by atoms with Crippen molar-refractivity contribution in [2.75, 3.05) is 39.5 Å². The Morgan fingerprint density at radius 3 is 1.70 bits per heavy atom. The van der Waals surface area contributed by atoms with Gasteiger partial charge in [0.2, 0.25) is 0 Å². The normalized spacial score (nSPS) is 25.8. The van der Waals surface area contributed by atoms with E-state index < -0.39 is 0 Å². The molecule has 0 N–H and O–H groups in total. The minimum Gasteiger partial charge on any atom is -0.288 e. The van der Waals surface area contributed by atoms with Crippen molar-refractivity contribution in [1.82, 2.24) is 14.5 Å². The molecule has 0 aromatic carbocycles. The van der Waals surface area contributed by atoms with Crippen LogP contribution in [-0.4, -0.2) is 54.0 Å². The van der Waals surface area contributed by atoms with Crippen molar-refractivity contribution >= 4 is 9.39 Å². The summed E-state index contributed by atoms with van der Waals surface area (Å²) < 4.78 is 2.29. The Kier molecular flexibility index (Phi) is 1.92. The Labute approximate surface area is 64.2 Å². The van der Waals surface area contributed by atoms with Gasteiger partial charge in [-0.3, -0.25) is 14.5 Å². The third-order valence-corrected chi connectivity index (χ3v) is 2.17. The highest BCUT2D eigenvalue weighted by Gasteiger charge is 2.22. The third kappa shape index (κ3) is 2.17. The molecule has 2 aliphatic heterocycles. The summed E-state index contributed by atoms with van der Waals surface area (Å²) in [6, 6.07) is 0. The minimum absolute atomic E-state index is 1.13. The molecule has 2 heterocycles. The average molecular weight is 159 g/mol. The van der Waals surface area contributed by atoms with Crippen molar-refractivity contribution in [3.05, 3.63) is 0 Å². The van der Waals surface area contributed by atoms with Crippen LogP contribution in [0.25, 0.3) is 0 Å². The highest BCUT2D eigenvalue weighted by Crippen LogP contribution is 2.12. The van der Waals surface area contributed by atoms with Crippen LogP contribution in [0.1, 0.15) is 0 Å². The summed E-state index contributed by atoms with van der Waals surface area (Å²) >= 11 is 0. The Bertz CT molecular complexity index is 108. The first-order chi connectivity index (χ1) is 4.84. The van der Waals surface area contributed by atoms with Crippen LogP contribution in [0.15, 0.2) is 0 Å². The van der Waals surface area contributed by atoms with E-state index in [0.29, 0.717) is 0 Å². The van der Waals surface area contributed by atoms with E-state index in [1.54, 1.807) is 0 Å². The standard InChI is InChI=1S/C6H14N3P/c10-9(5-7-1-2-7)6-8-3-4-8/h1-6,10H2. The minimum atomic E-state index is 1.13. The van der Waals surface area contributed by atoms with Crippen molar-refractivity contribution in [3.63, 3.8) is 0 Å². The van der Waals surface area contributed by atoms with Crippen molar-refractivity contribution in [3.8, 4) is 0 Å². The zero-order valence-electron chi connectivity index (χ0n) is 6.16. The molecule has 1 unspecified atom stereocenters. The molecule has 1 atom stereocenters. The molecule has 3 nitrogen and oxygen atoms in total. The van der Waals surface area contributed by atoms with E-state index in [-0.39, 0.29) is 0 Å². The van der Waals surface area contributed by atoms with Crippen molar-refractivity contribution in [1.29, 1.82) is 0 Å². The lowest BCUT2D eigenvalue weighted by Gasteiger charge is -2.16. The first-order valence-corrected chi connectivity index (χ1v) is 4.30. The van der Waals surface area contributed by atoms with E-state index in [2.05, 4.69) is 23.9 Å². The molecule has 0 radical (unpaired) electrons. The zero-order valence-corrected chi connectivity index (χ0v) is 7.32. The molecule has 2 fully saturated rings. The molecule has 4 heteroatoms. The van der Waals surface area contributed by atoms with Gasteiger partial charge in [-0.15, -0.1) is 0 Å². The van der Waals surface area contributed by atoms with E-state index in [1.807, 2.05) is 0 Å². The molecular weight excluding hydrogens is 145 g/mol. The van der Waals surface area contributed by atoms with Gasteiger partial charge in [-0.25, -0.2) is 0 Å². The van der Waals surface area contributed by atoms with E-state index in [9.17, 15) is 0 Å². The van der Waals surface area contributed by atoms with Crippen LogP contribution in [0.3, 0.4) is 0 Å². The molecule has 0 aromatic rings. The van der Waals surface area contributed by atoms with Gasteiger partial charge in [0, 0.05) is 26.2 Å². The maximum Gasteiger partial charge on any atom is 0.0551 e. The summed E-state index contributed by atoms with van der Waals surface area (Å²) in [6.45, 7) is 7.44. The molecular formula is C6H14N3P. The summed E-state index contributed by atoms with van der Waals surface area (Å²) in [5, 5.41) is 0. The van der Waals surface area contributed by atoms with Gasteiger partial charge in [0.15, 0.2) is 0 Å². The molecule has 58 valence electrons. The van der Waals surface area contributed by atoms with Gasteiger partial charge < -0.3 is 0 Å². The van der Waals surface area contributed by atoms with Gasteiger partial charge in [0.1, 0.15) is 0 Å². The quantitative estimate of drug-likeness (QED) is 0.409. The van der Waals surface area contributed by atoms with E-state index in [1.165, 1.54) is 26.2 Å². The molecule has 0 aromatic heterocycles. The molecule has 0 spiro atoms. The molecule has 2 saturated heterocycles. The average Bonchev–Trinajstić information content (AvgIpc) is 2.59. The largest absolute Gasteiger partial charge is 0.288 e. The predicted octanol–water partition coefficient (Wildman–Crippen LogP) is -0.375. The van der Waals surface area contributed by atoms with Gasteiger partial charge in [0.25, 0.3) is 0 Å². The Morgan fingerprint density at radius 2 is 1.40 bits per heavy atom. The maximum atomic E-state index is 2.78. The third-order valence-electron chi connectivity index (χ3n) is 1.84. The van der Waals surface area contributed by atoms with Crippen LogP contribution in [0.4, 0.5) is 0 Å². The highest BCUT2D eigenvalue weighted by atomic mass is 31.0. The van der Waals surface area contributed by atoms with E-state index in [0.717, 1.165) is 13.3 Å². The first-order valence-electron chi connectivity index (χ1n) is 3.79. The van der Waals surface area contributed by atoms with Crippen LogP contribution < -0.4 is 0 Å². The smallest absolute Gasteiger partial charge is 0.0551 e. The molecule has 2 rings (SSSR count). The SMILES string of the molecule is PN(CN1CC1)CN1CC1. The van der Waals surface area contributed by atoms with Crippen LogP contribution in [0.5, 0.6) is 0 Å². The topological polar surface area (TPSA) is 9.26 Å². The molecule has 0 bridgehead atoms. The molecule has 10 heavy (non-hydrogen) atoms. The van der Waals surface area contributed by atoms with Crippen LogP contribution in [0, 0.1) is 0 Å². The van der Waals surface area contributed by atoms with Crippen molar-refractivity contribution in [2.45, 2.75) is 0 Å². The van der Waals surface area contributed by atoms with E-state index in [4.69, 9.17) is 0 Å². The lowest BCUT2D eigenvalue weighted by molar-refractivity contribution is 0.292. The second kappa shape index (κ2) is 2.74. The first kappa shape index (κ1) is 6.99. The molecule has 0 saturated carbocycles. The number of hydrogen-bond acceptors (Lipinski definition) is 3. The fourth-order valence-corrected chi connectivity index (χ4v) is 1.44.